The number of hydrogen-bond donors (Lipinski definition) is 3. The van der Waals surface area contributed by atoms with E-state index in [1.807, 2.05) is 6.92 Å². The number of aliphatic hydroxyl groups is 1. The average Bonchev–Trinajstić information content (AvgIpc) is 2.54. The van der Waals surface area contributed by atoms with Crippen molar-refractivity contribution in [2.45, 2.75) is 33.4 Å². The molecule has 1 rings (SSSR count). The smallest absolute Gasteiger partial charge is 0.272 e. The highest BCUT2D eigenvalue weighted by molar-refractivity contribution is 5.98. The van der Waals surface area contributed by atoms with Crippen LogP contribution < -0.4 is 11.1 Å². The zero-order chi connectivity index (χ0) is 12.3. The number of carbonyl (C=O) groups excluding carboxylic acids is 1. The average molecular weight is 226 g/mol. The minimum absolute atomic E-state index is 0.106. The molecule has 1 heterocycles. The zero-order valence-corrected chi connectivity index (χ0v) is 9.82. The molecule has 0 aliphatic heterocycles. The van der Waals surface area contributed by atoms with Crippen molar-refractivity contribution in [3.63, 3.8) is 0 Å². The number of hydrogen-bond acceptors (Lipinski definition) is 4. The summed E-state index contributed by atoms with van der Waals surface area (Å²) in [5.74, 6) is -0.304. The third-order valence-corrected chi connectivity index (χ3v) is 2.34. The van der Waals surface area contributed by atoms with Crippen LogP contribution >= 0.6 is 0 Å². The standard InChI is InChI=1S/C10H18N4O2/c1-4-14-9(8(11)7(3)13-14)10(16)12-6(2)5-15/h6,15H,4-5,11H2,1-3H3,(H,12,16). The van der Waals surface area contributed by atoms with Crippen LogP contribution in [-0.2, 0) is 6.54 Å². The number of nitrogen functional groups attached to an aromatic ring is 1. The van der Waals surface area contributed by atoms with Crippen molar-refractivity contribution in [3.8, 4) is 0 Å². The van der Waals surface area contributed by atoms with Gasteiger partial charge in [-0.3, -0.25) is 9.48 Å². The first-order valence-corrected chi connectivity index (χ1v) is 5.25. The molecule has 16 heavy (non-hydrogen) atoms. The number of nitrogens with one attached hydrogen (secondary N) is 1. The first kappa shape index (κ1) is 12.5. The lowest BCUT2D eigenvalue weighted by molar-refractivity contribution is 0.0912. The van der Waals surface area contributed by atoms with Gasteiger partial charge >= 0.3 is 0 Å². The number of nitrogens with zero attached hydrogens (tertiary/aromatic N) is 2. The largest absolute Gasteiger partial charge is 0.395 e. The molecule has 1 unspecified atom stereocenters. The van der Waals surface area contributed by atoms with Gasteiger partial charge < -0.3 is 16.2 Å². The number of amides is 1. The Labute approximate surface area is 94.4 Å². The normalized spacial score (nSPS) is 12.5. The number of anilines is 1. The van der Waals surface area contributed by atoms with E-state index in [0.717, 1.165) is 0 Å². The van der Waals surface area contributed by atoms with Gasteiger partial charge in [-0.1, -0.05) is 0 Å². The predicted molar refractivity (Wildman–Crippen MR) is 61.1 cm³/mol. The molecule has 0 spiro atoms. The monoisotopic (exact) mass is 226 g/mol. The van der Waals surface area contributed by atoms with Gasteiger partial charge in [0.05, 0.1) is 18.0 Å². The Morgan fingerprint density at radius 3 is 2.81 bits per heavy atom. The maximum atomic E-state index is 11.9. The SMILES string of the molecule is CCn1nc(C)c(N)c1C(=O)NC(C)CO. The second-order valence-corrected chi connectivity index (χ2v) is 3.72. The number of nitrogens with two attached hydrogens (primary N) is 1. The molecule has 6 nitrogen and oxygen atoms in total. The molecule has 0 radical (unpaired) electrons. The summed E-state index contributed by atoms with van der Waals surface area (Å²) in [6, 6.07) is -0.299. The second-order valence-electron chi connectivity index (χ2n) is 3.72. The molecule has 6 heteroatoms. The van der Waals surface area contributed by atoms with Gasteiger partial charge in [0.2, 0.25) is 0 Å². The van der Waals surface area contributed by atoms with Crippen LogP contribution in [0.25, 0.3) is 0 Å². The number of aromatic nitrogens is 2. The van der Waals surface area contributed by atoms with E-state index in [1.54, 1.807) is 18.5 Å². The van der Waals surface area contributed by atoms with Crippen LogP contribution in [0.1, 0.15) is 30.0 Å². The van der Waals surface area contributed by atoms with E-state index in [-0.39, 0.29) is 18.6 Å². The molecule has 0 aliphatic rings. The maximum absolute atomic E-state index is 11.9. The van der Waals surface area contributed by atoms with Crippen molar-refractivity contribution in [3.05, 3.63) is 11.4 Å². The van der Waals surface area contributed by atoms with Gasteiger partial charge in [-0.15, -0.1) is 0 Å². The van der Waals surface area contributed by atoms with E-state index in [9.17, 15) is 4.79 Å². The molecule has 0 saturated heterocycles. The van der Waals surface area contributed by atoms with Crippen molar-refractivity contribution in [2.24, 2.45) is 0 Å². The van der Waals surface area contributed by atoms with Gasteiger partial charge in [-0.2, -0.15) is 5.10 Å². The molecule has 1 atom stereocenters. The Kier molecular flexibility index (Phi) is 3.89. The number of aliphatic hydroxyl groups excluding tert-OH is 1. The predicted octanol–water partition coefficient (Wildman–Crippen LogP) is -0.0958. The van der Waals surface area contributed by atoms with E-state index in [1.165, 1.54) is 0 Å². The van der Waals surface area contributed by atoms with Crippen LogP contribution in [0, 0.1) is 6.92 Å². The fourth-order valence-corrected chi connectivity index (χ4v) is 1.40. The van der Waals surface area contributed by atoms with Gasteiger partial charge in [0, 0.05) is 12.6 Å². The molecular weight excluding hydrogens is 208 g/mol. The van der Waals surface area contributed by atoms with E-state index in [4.69, 9.17) is 10.8 Å². The second kappa shape index (κ2) is 4.98. The number of rotatable bonds is 4. The summed E-state index contributed by atoms with van der Waals surface area (Å²) < 4.78 is 1.56. The Morgan fingerprint density at radius 2 is 2.31 bits per heavy atom. The number of carbonyl (C=O) groups is 1. The molecule has 0 fully saturated rings. The first-order chi connectivity index (χ1) is 7.51. The molecule has 90 valence electrons. The van der Waals surface area contributed by atoms with Gasteiger partial charge in [0.15, 0.2) is 0 Å². The van der Waals surface area contributed by atoms with Crippen LogP contribution in [0.3, 0.4) is 0 Å². The number of aryl methyl sites for hydroxylation is 2. The Balaban J connectivity index is 2.98. The van der Waals surface area contributed by atoms with Gasteiger partial charge in [-0.25, -0.2) is 0 Å². The minimum atomic E-state index is -0.304. The third kappa shape index (κ3) is 2.33. The zero-order valence-electron chi connectivity index (χ0n) is 9.82. The third-order valence-electron chi connectivity index (χ3n) is 2.34. The summed E-state index contributed by atoms with van der Waals surface area (Å²) in [5, 5.41) is 15.7. The van der Waals surface area contributed by atoms with Crippen LogP contribution in [0.5, 0.6) is 0 Å². The topological polar surface area (TPSA) is 93.2 Å². The van der Waals surface area contributed by atoms with Gasteiger partial charge in [0.25, 0.3) is 5.91 Å². The Bertz CT molecular complexity index is 386. The first-order valence-electron chi connectivity index (χ1n) is 5.25. The summed E-state index contributed by atoms with van der Waals surface area (Å²) in [5.41, 5.74) is 7.19. The minimum Gasteiger partial charge on any atom is -0.395 e. The van der Waals surface area contributed by atoms with Gasteiger partial charge in [-0.05, 0) is 20.8 Å². The van der Waals surface area contributed by atoms with Crippen molar-refractivity contribution < 1.29 is 9.90 Å². The van der Waals surface area contributed by atoms with E-state index in [0.29, 0.717) is 23.6 Å². The molecule has 0 aromatic carbocycles. The Hall–Kier alpha value is -1.56. The van der Waals surface area contributed by atoms with Crippen molar-refractivity contribution in [1.82, 2.24) is 15.1 Å². The molecule has 0 bridgehead atoms. The van der Waals surface area contributed by atoms with Crippen LogP contribution in [0.2, 0.25) is 0 Å². The molecular formula is C10H18N4O2. The summed E-state index contributed by atoms with van der Waals surface area (Å²) >= 11 is 0. The quantitative estimate of drug-likeness (QED) is 0.668. The molecule has 1 aromatic rings. The van der Waals surface area contributed by atoms with E-state index >= 15 is 0 Å². The van der Waals surface area contributed by atoms with Crippen molar-refractivity contribution >= 4 is 11.6 Å². The summed E-state index contributed by atoms with van der Waals surface area (Å²) in [7, 11) is 0. The highest BCUT2D eigenvalue weighted by Gasteiger charge is 2.19. The maximum Gasteiger partial charge on any atom is 0.272 e. The lowest BCUT2D eigenvalue weighted by atomic mass is 10.2. The fourth-order valence-electron chi connectivity index (χ4n) is 1.40. The van der Waals surface area contributed by atoms with Crippen molar-refractivity contribution in [2.75, 3.05) is 12.3 Å². The molecule has 1 amide bonds. The van der Waals surface area contributed by atoms with Crippen LogP contribution in [0.15, 0.2) is 0 Å². The highest BCUT2D eigenvalue weighted by Crippen LogP contribution is 2.16. The summed E-state index contributed by atoms with van der Waals surface area (Å²) in [4.78, 5) is 11.9. The molecule has 4 N–H and O–H groups in total. The Morgan fingerprint density at radius 1 is 1.69 bits per heavy atom. The van der Waals surface area contributed by atoms with Crippen LogP contribution in [-0.4, -0.2) is 33.4 Å². The van der Waals surface area contributed by atoms with Gasteiger partial charge in [0.1, 0.15) is 5.69 Å². The lowest BCUT2D eigenvalue weighted by Crippen LogP contribution is -2.36. The fraction of sp³-hybridized carbons (Fsp3) is 0.600. The van der Waals surface area contributed by atoms with E-state index in [2.05, 4.69) is 10.4 Å². The van der Waals surface area contributed by atoms with E-state index < -0.39 is 0 Å². The summed E-state index contributed by atoms with van der Waals surface area (Å²) in [6.07, 6.45) is 0. The lowest BCUT2D eigenvalue weighted by Gasteiger charge is -2.11. The highest BCUT2D eigenvalue weighted by atomic mass is 16.3. The van der Waals surface area contributed by atoms with Crippen molar-refractivity contribution in [1.29, 1.82) is 0 Å². The molecule has 0 saturated carbocycles. The van der Waals surface area contributed by atoms with Crippen LogP contribution in [0.4, 0.5) is 5.69 Å². The molecule has 1 aromatic heterocycles. The summed E-state index contributed by atoms with van der Waals surface area (Å²) in [6.45, 7) is 5.83. The molecule has 0 aliphatic carbocycles.